The molecule has 218 valence electrons. The second kappa shape index (κ2) is 9.54. The lowest BCUT2D eigenvalue weighted by Gasteiger charge is -2.47. The molecule has 3 heterocycles. The number of rotatable bonds is 2. The lowest BCUT2D eigenvalue weighted by Crippen LogP contribution is -2.55. The molecule has 6 aromatic carbocycles. The van der Waals surface area contributed by atoms with Crippen molar-refractivity contribution in [3.63, 3.8) is 0 Å². The van der Waals surface area contributed by atoms with Gasteiger partial charge in [0, 0.05) is 48.8 Å². The maximum atomic E-state index is 6.47. The van der Waals surface area contributed by atoms with Crippen LogP contribution in [0.2, 0.25) is 0 Å². The Hall–Kier alpha value is -4.93. The molecule has 46 heavy (non-hydrogen) atoms. The predicted octanol–water partition coefficient (Wildman–Crippen LogP) is 10.1. The average molecular weight is 608 g/mol. The summed E-state index contributed by atoms with van der Waals surface area (Å²) in [6, 6.07) is 48.9. The molecule has 10 rings (SSSR count). The minimum absolute atomic E-state index is 0.0197. The van der Waals surface area contributed by atoms with Crippen molar-refractivity contribution in [2.45, 2.75) is 35.5 Å². The van der Waals surface area contributed by atoms with Gasteiger partial charge in [-0.1, -0.05) is 134 Å². The molecule has 0 radical (unpaired) electrons. The Morgan fingerprint density at radius 1 is 0.696 bits per heavy atom. The Morgan fingerprint density at radius 2 is 1.46 bits per heavy atom. The third-order valence-electron chi connectivity index (χ3n) is 10.3. The Bertz CT molecular complexity index is 2420. The van der Waals surface area contributed by atoms with E-state index in [-0.39, 0.29) is 12.1 Å². The molecule has 0 N–H and O–H groups in total. The standard InChI is InChI=1S/C42H30BNOS/c1-42(2)25-34-40(31-15-6-8-18-32(31)42)44(27-12-4-3-5-13-27)35-19-11-21-37-39(35)43(34)33-23-22-26(24-38(33)46-37)28-16-10-17-30-29-14-7-9-20-36(29)45-41(28)30/h3-24H,25H2,1-2H3. The highest BCUT2D eigenvalue weighted by molar-refractivity contribution is 8.00. The topological polar surface area (TPSA) is 16.4 Å². The molecular formula is C42H30BNOS. The molecular weight excluding hydrogens is 577 g/mol. The van der Waals surface area contributed by atoms with Gasteiger partial charge in [-0.25, -0.2) is 0 Å². The molecule has 4 heteroatoms. The van der Waals surface area contributed by atoms with E-state index in [1.54, 1.807) is 0 Å². The number of allylic oxidation sites excluding steroid dienone is 1. The summed E-state index contributed by atoms with van der Waals surface area (Å²) in [6.07, 6.45) is 1.01. The van der Waals surface area contributed by atoms with Crippen LogP contribution in [-0.2, 0) is 5.41 Å². The summed E-state index contributed by atoms with van der Waals surface area (Å²) in [5.74, 6) is 0. The summed E-state index contributed by atoms with van der Waals surface area (Å²) in [5, 5.41) is 2.33. The zero-order valence-electron chi connectivity index (χ0n) is 25.7. The van der Waals surface area contributed by atoms with E-state index in [0.29, 0.717) is 0 Å². The van der Waals surface area contributed by atoms with Gasteiger partial charge in [-0.05, 0) is 64.8 Å². The van der Waals surface area contributed by atoms with Crippen LogP contribution in [0.4, 0.5) is 11.4 Å². The van der Waals surface area contributed by atoms with Crippen molar-refractivity contribution >= 4 is 68.4 Å². The molecule has 1 aliphatic carbocycles. The number of benzene rings is 6. The zero-order chi connectivity index (χ0) is 30.6. The molecule has 0 spiro atoms. The van der Waals surface area contributed by atoms with E-state index in [2.05, 4.69) is 146 Å². The van der Waals surface area contributed by atoms with E-state index in [1.807, 2.05) is 17.8 Å². The Balaban J connectivity index is 1.22. The molecule has 2 aliphatic heterocycles. The normalized spacial score (nSPS) is 15.9. The van der Waals surface area contributed by atoms with Crippen LogP contribution < -0.4 is 15.8 Å². The van der Waals surface area contributed by atoms with Crippen LogP contribution in [-0.4, -0.2) is 6.71 Å². The summed E-state index contributed by atoms with van der Waals surface area (Å²) < 4.78 is 6.47. The number of furan rings is 1. The molecule has 7 aromatic rings. The van der Waals surface area contributed by atoms with Gasteiger partial charge in [0.2, 0.25) is 6.71 Å². The van der Waals surface area contributed by atoms with Crippen molar-refractivity contribution in [3.8, 4) is 11.1 Å². The van der Waals surface area contributed by atoms with Gasteiger partial charge in [-0.2, -0.15) is 0 Å². The van der Waals surface area contributed by atoms with Crippen LogP contribution in [0.1, 0.15) is 31.4 Å². The highest BCUT2D eigenvalue weighted by Gasteiger charge is 2.47. The van der Waals surface area contributed by atoms with Crippen LogP contribution in [0, 0.1) is 0 Å². The SMILES string of the molecule is CC1(C)CC2=C(c3ccccc31)N(c1ccccc1)c1cccc3c1B2c1ccc(-c2cccc4c2oc2ccccc24)cc1S3. The monoisotopic (exact) mass is 607 g/mol. The van der Waals surface area contributed by atoms with Gasteiger partial charge in [-0.15, -0.1) is 0 Å². The second-order valence-corrected chi connectivity index (χ2v) is 14.5. The van der Waals surface area contributed by atoms with Gasteiger partial charge in [-0.3, -0.25) is 0 Å². The molecule has 1 aromatic heterocycles. The van der Waals surface area contributed by atoms with Crippen molar-refractivity contribution in [3.05, 3.63) is 150 Å². The van der Waals surface area contributed by atoms with E-state index < -0.39 is 0 Å². The summed E-state index contributed by atoms with van der Waals surface area (Å²) >= 11 is 1.91. The van der Waals surface area contributed by atoms with Gasteiger partial charge in [0.15, 0.2) is 0 Å². The van der Waals surface area contributed by atoms with E-state index in [0.717, 1.165) is 28.5 Å². The van der Waals surface area contributed by atoms with Crippen molar-refractivity contribution in [2.24, 2.45) is 0 Å². The molecule has 0 amide bonds. The molecule has 0 unspecified atom stereocenters. The van der Waals surface area contributed by atoms with Crippen LogP contribution in [0.3, 0.4) is 0 Å². The lowest BCUT2D eigenvalue weighted by atomic mass is 9.32. The van der Waals surface area contributed by atoms with Gasteiger partial charge in [0.05, 0.1) is 0 Å². The highest BCUT2D eigenvalue weighted by Crippen LogP contribution is 2.52. The van der Waals surface area contributed by atoms with Crippen LogP contribution in [0.25, 0.3) is 38.8 Å². The third kappa shape index (κ3) is 3.62. The van der Waals surface area contributed by atoms with E-state index in [9.17, 15) is 0 Å². The second-order valence-electron chi connectivity index (χ2n) is 13.4. The fourth-order valence-corrected chi connectivity index (χ4v) is 9.53. The fourth-order valence-electron chi connectivity index (χ4n) is 8.32. The van der Waals surface area contributed by atoms with Crippen LogP contribution >= 0.6 is 11.8 Å². The van der Waals surface area contributed by atoms with Gasteiger partial charge >= 0.3 is 0 Å². The number of para-hydroxylation sites is 3. The van der Waals surface area contributed by atoms with Crippen molar-refractivity contribution < 1.29 is 4.42 Å². The maximum absolute atomic E-state index is 6.47. The number of anilines is 2. The number of nitrogens with zero attached hydrogens (tertiary/aromatic N) is 1. The quantitative estimate of drug-likeness (QED) is 0.182. The summed E-state index contributed by atoms with van der Waals surface area (Å²) in [5.41, 5.74) is 15.2. The van der Waals surface area contributed by atoms with Crippen molar-refractivity contribution in [2.75, 3.05) is 4.90 Å². The molecule has 0 atom stereocenters. The minimum atomic E-state index is 0.0197. The fraction of sp³-hybridized carbons (Fsp3) is 0.0952. The largest absolute Gasteiger partial charge is 0.455 e. The molecule has 2 nitrogen and oxygen atoms in total. The zero-order valence-corrected chi connectivity index (χ0v) is 26.6. The predicted molar refractivity (Wildman–Crippen MR) is 194 cm³/mol. The Labute approximate surface area is 273 Å². The van der Waals surface area contributed by atoms with Crippen LogP contribution in [0.15, 0.2) is 153 Å². The van der Waals surface area contributed by atoms with Crippen molar-refractivity contribution in [1.82, 2.24) is 0 Å². The average Bonchev–Trinajstić information content (AvgIpc) is 3.48. The van der Waals surface area contributed by atoms with Crippen LogP contribution in [0.5, 0.6) is 0 Å². The Kier molecular flexibility index (Phi) is 5.46. The third-order valence-corrected chi connectivity index (χ3v) is 11.4. The first-order valence-corrected chi connectivity index (χ1v) is 16.9. The molecule has 0 saturated heterocycles. The lowest BCUT2D eigenvalue weighted by molar-refractivity contribution is 0.520. The first-order valence-electron chi connectivity index (χ1n) is 16.1. The number of hydrogen-bond acceptors (Lipinski definition) is 3. The van der Waals surface area contributed by atoms with E-state index in [4.69, 9.17) is 4.42 Å². The summed E-state index contributed by atoms with van der Waals surface area (Å²) in [4.78, 5) is 5.22. The minimum Gasteiger partial charge on any atom is -0.455 e. The number of hydrogen-bond donors (Lipinski definition) is 0. The maximum Gasteiger partial charge on any atom is 0.245 e. The van der Waals surface area contributed by atoms with E-state index >= 15 is 0 Å². The molecule has 0 saturated carbocycles. The molecule has 0 bridgehead atoms. The smallest absolute Gasteiger partial charge is 0.245 e. The van der Waals surface area contributed by atoms with Gasteiger partial charge in [0.1, 0.15) is 11.2 Å². The van der Waals surface area contributed by atoms with Gasteiger partial charge in [0.25, 0.3) is 0 Å². The first-order chi connectivity index (χ1) is 22.6. The van der Waals surface area contributed by atoms with Crippen molar-refractivity contribution in [1.29, 1.82) is 0 Å². The number of fused-ring (bicyclic) bond motifs is 8. The molecule has 0 fully saturated rings. The Morgan fingerprint density at radius 3 is 2.37 bits per heavy atom. The first kappa shape index (κ1) is 26.3. The highest BCUT2D eigenvalue weighted by atomic mass is 32.2. The summed E-state index contributed by atoms with van der Waals surface area (Å²) in [6.45, 7) is 5.03. The summed E-state index contributed by atoms with van der Waals surface area (Å²) in [7, 11) is 0. The van der Waals surface area contributed by atoms with E-state index in [1.165, 1.54) is 65.3 Å². The molecule has 3 aliphatic rings. The van der Waals surface area contributed by atoms with Gasteiger partial charge < -0.3 is 9.32 Å².